The third-order valence-corrected chi connectivity index (χ3v) is 5.72. The maximum absolute atomic E-state index is 12.8. The summed E-state index contributed by atoms with van der Waals surface area (Å²) in [7, 11) is 0. The molecule has 1 fully saturated rings. The van der Waals surface area contributed by atoms with Crippen LogP contribution in [0.15, 0.2) is 23.6 Å². The quantitative estimate of drug-likeness (QED) is 0.802. The molecule has 3 heterocycles. The number of ether oxygens (including phenoxy) is 2. The van der Waals surface area contributed by atoms with Gasteiger partial charge in [-0.15, -0.1) is 36.2 Å². The number of nitrogens with two attached hydrogens (primary N) is 1. The molecule has 0 bridgehead atoms. The molecule has 0 spiro atoms. The van der Waals surface area contributed by atoms with Gasteiger partial charge in [0.1, 0.15) is 10.7 Å². The van der Waals surface area contributed by atoms with E-state index in [1.165, 1.54) is 11.3 Å². The number of halogens is 2. The van der Waals surface area contributed by atoms with Gasteiger partial charge in [-0.3, -0.25) is 4.79 Å². The van der Waals surface area contributed by atoms with Gasteiger partial charge in [-0.2, -0.15) is 0 Å². The van der Waals surface area contributed by atoms with Crippen molar-refractivity contribution in [2.45, 2.75) is 25.8 Å². The largest absolute Gasteiger partial charge is 0.454 e. The summed E-state index contributed by atoms with van der Waals surface area (Å²) in [6.07, 6.45) is 2.08. The Kier molecular flexibility index (Phi) is 7.33. The van der Waals surface area contributed by atoms with Crippen molar-refractivity contribution in [2.75, 3.05) is 19.9 Å². The molecule has 2 aromatic rings. The van der Waals surface area contributed by atoms with Crippen molar-refractivity contribution in [1.29, 1.82) is 0 Å². The Hall–Kier alpha value is -1.54. The number of carbonyl (C=O) groups excluding carboxylic acids is 1. The van der Waals surface area contributed by atoms with Crippen LogP contribution >= 0.6 is 36.2 Å². The van der Waals surface area contributed by atoms with E-state index < -0.39 is 0 Å². The van der Waals surface area contributed by atoms with E-state index in [9.17, 15) is 4.79 Å². The van der Waals surface area contributed by atoms with Gasteiger partial charge in [0.25, 0.3) is 5.91 Å². The lowest BCUT2D eigenvalue weighted by molar-refractivity contribution is 0.0656. The van der Waals surface area contributed by atoms with Crippen LogP contribution in [-0.4, -0.2) is 41.7 Å². The first-order valence-corrected chi connectivity index (χ1v) is 9.40. The molecule has 1 aromatic carbocycles. The summed E-state index contributed by atoms with van der Waals surface area (Å²) in [6, 6.07) is 5.82. The standard InChI is InChI=1S/C18H21N3O3S.2ClH/c1-11(19)13-3-2-6-21(8-13)18(22)14-9-25-17(20-14)12-4-5-15-16(7-12)24-10-23-15;;/h4-5,7,9,11,13H,2-3,6,8,10,19H2,1H3;2*1H. The minimum Gasteiger partial charge on any atom is -0.454 e. The highest BCUT2D eigenvalue weighted by molar-refractivity contribution is 7.13. The number of likely N-dealkylation sites (tertiary alicyclic amines) is 1. The number of hydrogen-bond donors (Lipinski definition) is 1. The predicted octanol–water partition coefficient (Wildman–Crippen LogP) is 3.58. The molecule has 1 saturated heterocycles. The second kappa shape index (κ2) is 9.10. The Bertz CT molecular complexity index is 800. The van der Waals surface area contributed by atoms with Crippen LogP contribution in [0, 0.1) is 5.92 Å². The number of piperidine rings is 1. The molecule has 2 unspecified atom stereocenters. The van der Waals surface area contributed by atoms with Gasteiger partial charge in [0.2, 0.25) is 6.79 Å². The number of aromatic nitrogens is 1. The van der Waals surface area contributed by atoms with Crippen LogP contribution in [0.4, 0.5) is 0 Å². The molecule has 148 valence electrons. The predicted molar refractivity (Wildman–Crippen MR) is 110 cm³/mol. The highest BCUT2D eigenvalue weighted by Gasteiger charge is 2.27. The summed E-state index contributed by atoms with van der Waals surface area (Å²) in [5.41, 5.74) is 7.45. The van der Waals surface area contributed by atoms with E-state index in [1.807, 2.05) is 35.4 Å². The molecule has 9 heteroatoms. The maximum Gasteiger partial charge on any atom is 0.273 e. The lowest BCUT2D eigenvalue weighted by Gasteiger charge is -2.34. The lowest BCUT2D eigenvalue weighted by Crippen LogP contribution is -2.45. The number of nitrogens with zero attached hydrogens (tertiary/aromatic N) is 2. The Morgan fingerprint density at radius 3 is 2.89 bits per heavy atom. The van der Waals surface area contributed by atoms with Gasteiger partial charge < -0.3 is 20.1 Å². The van der Waals surface area contributed by atoms with Crippen molar-refractivity contribution >= 4 is 42.1 Å². The fourth-order valence-corrected chi connectivity index (χ4v) is 4.11. The Labute approximate surface area is 174 Å². The number of rotatable bonds is 3. The average molecular weight is 432 g/mol. The summed E-state index contributed by atoms with van der Waals surface area (Å²) in [5.74, 6) is 1.82. The highest BCUT2D eigenvalue weighted by atomic mass is 35.5. The molecule has 0 radical (unpaired) electrons. The van der Waals surface area contributed by atoms with Gasteiger partial charge >= 0.3 is 0 Å². The first kappa shape index (κ1) is 21.8. The zero-order valence-corrected chi connectivity index (χ0v) is 17.4. The molecule has 6 nitrogen and oxygen atoms in total. The van der Waals surface area contributed by atoms with E-state index in [0.29, 0.717) is 18.2 Å². The summed E-state index contributed by atoms with van der Waals surface area (Å²) in [6.45, 7) is 3.75. The molecule has 4 rings (SSSR count). The number of fused-ring (bicyclic) bond motifs is 1. The number of benzene rings is 1. The van der Waals surface area contributed by atoms with Crippen molar-refractivity contribution in [2.24, 2.45) is 11.7 Å². The van der Waals surface area contributed by atoms with Gasteiger partial charge in [-0.1, -0.05) is 0 Å². The van der Waals surface area contributed by atoms with Crippen molar-refractivity contribution in [1.82, 2.24) is 9.88 Å². The molecule has 2 atom stereocenters. The van der Waals surface area contributed by atoms with Crippen molar-refractivity contribution < 1.29 is 14.3 Å². The Morgan fingerprint density at radius 2 is 2.11 bits per heavy atom. The van der Waals surface area contributed by atoms with Crippen LogP contribution in [0.3, 0.4) is 0 Å². The Morgan fingerprint density at radius 1 is 1.33 bits per heavy atom. The van der Waals surface area contributed by atoms with E-state index >= 15 is 0 Å². The third kappa shape index (κ3) is 4.48. The molecule has 27 heavy (non-hydrogen) atoms. The van der Waals surface area contributed by atoms with Crippen LogP contribution in [0.1, 0.15) is 30.3 Å². The van der Waals surface area contributed by atoms with Gasteiger partial charge in [0.15, 0.2) is 11.5 Å². The van der Waals surface area contributed by atoms with E-state index in [-0.39, 0.29) is 43.6 Å². The van der Waals surface area contributed by atoms with Crippen LogP contribution in [0.25, 0.3) is 10.6 Å². The van der Waals surface area contributed by atoms with Gasteiger partial charge in [0, 0.05) is 30.1 Å². The number of hydrogen-bond acceptors (Lipinski definition) is 6. The van der Waals surface area contributed by atoms with E-state index in [2.05, 4.69) is 4.98 Å². The van der Waals surface area contributed by atoms with Gasteiger partial charge in [0.05, 0.1) is 0 Å². The molecule has 2 N–H and O–H groups in total. The SMILES string of the molecule is CC(N)C1CCCN(C(=O)c2csc(-c3ccc4c(c3)OCO4)n2)C1.Cl.Cl. The summed E-state index contributed by atoms with van der Waals surface area (Å²) in [5, 5.41) is 2.64. The summed E-state index contributed by atoms with van der Waals surface area (Å²) < 4.78 is 10.7. The summed E-state index contributed by atoms with van der Waals surface area (Å²) >= 11 is 1.47. The minimum atomic E-state index is -0.00593. The second-order valence-corrected chi connectivity index (χ2v) is 7.48. The van der Waals surface area contributed by atoms with Crippen LogP contribution in [-0.2, 0) is 0 Å². The molecular weight excluding hydrogens is 409 g/mol. The van der Waals surface area contributed by atoms with Crippen LogP contribution < -0.4 is 15.2 Å². The lowest BCUT2D eigenvalue weighted by atomic mass is 9.92. The average Bonchev–Trinajstić information content (AvgIpc) is 3.29. The zero-order chi connectivity index (χ0) is 17.4. The van der Waals surface area contributed by atoms with Crippen molar-refractivity contribution in [3.8, 4) is 22.1 Å². The van der Waals surface area contributed by atoms with Gasteiger partial charge in [-0.05, 0) is 43.9 Å². The van der Waals surface area contributed by atoms with Crippen LogP contribution in [0.5, 0.6) is 11.5 Å². The molecule has 2 aliphatic rings. The minimum absolute atomic E-state index is 0. The van der Waals surface area contributed by atoms with Crippen LogP contribution in [0.2, 0.25) is 0 Å². The first-order chi connectivity index (χ1) is 12.1. The molecule has 0 aliphatic carbocycles. The van der Waals surface area contributed by atoms with E-state index in [1.54, 1.807) is 0 Å². The fourth-order valence-electron chi connectivity index (χ4n) is 3.32. The normalized spacial score (nSPS) is 19.0. The molecule has 0 saturated carbocycles. The van der Waals surface area contributed by atoms with Crippen molar-refractivity contribution in [3.05, 3.63) is 29.3 Å². The molecule has 1 aromatic heterocycles. The third-order valence-electron chi connectivity index (χ3n) is 4.83. The fraction of sp³-hybridized carbons (Fsp3) is 0.444. The van der Waals surface area contributed by atoms with Gasteiger partial charge in [-0.25, -0.2) is 4.98 Å². The second-order valence-electron chi connectivity index (χ2n) is 6.62. The number of thiazole rings is 1. The number of amides is 1. The Balaban J connectivity index is 0.00000131. The smallest absolute Gasteiger partial charge is 0.273 e. The maximum atomic E-state index is 12.8. The molecule has 1 amide bonds. The number of carbonyl (C=O) groups is 1. The molecule has 2 aliphatic heterocycles. The monoisotopic (exact) mass is 431 g/mol. The van der Waals surface area contributed by atoms with E-state index in [4.69, 9.17) is 15.2 Å². The zero-order valence-electron chi connectivity index (χ0n) is 14.9. The van der Waals surface area contributed by atoms with Crippen molar-refractivity contribution in [3.63, 3.8) is 0 Å². The topological polar surface area (TPSA) is 77.7 Å². The first-order valence-electron chi connectivity index (χ1n) is 8.52. The molecular formula is C18H23Cl2N3O3S. The summed E-state index contributed by atoms with van der Waals surface area (Å²) in [4.78, 5) is 19.2. The van der Waals surface area contributed by atoms with E-state index in [0.717, 1.165) is 41.5 Å². The highest BCUT2D eigenvalue weighted by Crippen LogP contribution is 2.36.